The first-order valence-electron chi connectivity index (χ1n) is 14.6. The maximum absolute atomic E-state index is 13.9. The molecular weight excluding hydrogens is 659 g/mol. The van der Waals surface area contributed by atoms with Gasteiger partial charge in [-0.3, -0.25) is 14.6 Å². The van der Waals surface area contributed by atoms with E-state index in [-0.39, 0.29) is 55.7 Å². The van der Waals surface area contributed by atoms with Crippen molar-refractivity contribution in [3.63, 3.8) is 0 Å². The number of hydrogen-bond acceptors (Lipinski definition) is 7. The molecule has 0 radical (unpaired) electrons. The molecule has 2 fully saturated rings. The highest BCUT2D eigenvalue weighted by atomic mass is 35.5. The minimum Gasteiger partial charge on any atom is -0.352 e. The number of halogens is 2. The largest absolute Gasteiger partial charge is 0.352 e. The Kier molecular flexibility index (Phi) is 9.90. The standard InChI is InChI=1S/C31H34Cl2N4O6S2/c1-19(14-20-10-12-22(13-11-20)36-30(38)28-26(32)16-34-17-27(28)33)35-31(39)29-25-9-4-3-6-21(25)18-37(29)45(42,43)24-8-5-7-23(15-24)44(2,40)41/h5,7-8,10-13,15-17,19,21,25,29H,3-4,6,9,14,18H2,1-2H3,(H,35,39)(H,36,38)/t19-,21-,25-,29+/m1/s1. The highest BCUT2D eigenvalue weighted by molar-refractivity contribution is 7.91. The van der Waals surface area contributed by atoms with Crippen LogP contribution in [0, 0.1) is 11.8 Å². The van der Waals surface area contributed by atoms with Gasteiger partial charge >= 0.3 is 0 Å². The zero-order valence-electron chi connectivity index (χ0n) is 24.7. The molecule has 4 atom stereocenters. The Morgan fingerprint density at radius 1 is 0.978 bits per heavy atom. The lowest BCUT2D eigenvalue weighted by molar-refractivity contribution is -0.126. The molecule has 1 saturated carbocycles. The molecule has 240 valence electrons. The summed E-state index contributed by atoms with van der Waals surface area (Å²) in [4.78, 5) is 30.1. The predicted octanol–water partition coefficient (Wildman–Crippen LogP) is 4.97. The van der Waals surface area contributed by atoms with Crippen LogP contribution < -0.4 is 10.6 Å². The van der Waals surface area contributed by atoms with E-state index < -0.39 is 31.8 Å². The first kappa shape index (κ1) is 33.3. The second-order valence-electron chi connectivity index (χ2n) is 11.7. The summed E-state index contributed by atoms with van der Waals surface area (Å²) >= 11 is 12.2. The van der Waals surface area contributed by atoms with Crippen molar-refractivity contribution in [3.05, 3.63) is 82.1 Å². The van der Waals surface area contributed by atoms with Gasteiger partial charge in [0.15, 0.2) is 9.84 Å². The first-order chi connectivity index (χ1) is 21.3. The van der Waals surface area contributed by atoms with E-state index in [1.165, 1.54) is 34.9 Å². The second kappa shape index (κ2) is 13.4. The van der Waals surface area contributed by atoms with Crippen LogP contribution in [0.15, 0.2) is 70.7 Å². The molecule has 2 heterocycles. The van der Waals surface area contributed by atoms with Crippen LogP contribution in [-0.2, 0) is 31.1 Å². The summed E-state index contributed by atoms with van der Waals surface area (Å²) < 4.78 is 53.3. The van der Waals surface area contributed by atoms with Crippen molar-refractivity contribution >= 4 is 60.6 Å². The molecule has 14 heteroatoms. The summed E-state index contributed by atoms with van der Waals surface area (Å²) in [5, 5.41) is 6.06. The van der Waals surface area contributed by atoms with Crippen LogP contribution in [0.4, 0.5) is 5.69 Å². The number of carbonyl (C=O) groups excluding carboxylic acids is 2. The molecule has 2 aromatic carbocycles. The summed E-state index contributed by atoms with van der Waals surface area (Å²) in [6, 6.07) is 11.2. The summed E-state index contributed by atoms with van der Waals surface area (Å²) in [6.45, 7) is 2.06. The lowest BCUT2D eigenvalue weighted by Crippen LogP contribution is -2.51. The van der Waals surface area contributed by atoms with Gasteiger partial charge in [0.05, 0.1) is 25.4 Å². The molecule has 5 rings (SSSR count). The monoisotopic (exact) mass is 692 g/mol. The van der Waals surface area contributed by atoms with Crippen LogP contribution in [-0.4, -0.2) is 62.8 Å². The minimum absolute atomic E-state index is 0.0531. The SMILES string of the molecule is C[C@H](Cc1ccc(NC(=O)c2c(Cl)cncc2Cl)cc1)NC(=O)[C@@H]1[C@@H]2CCCC[C@@H]2CN1S(=O)(=O)c1cccc(S(C)(=O)=O)c1. The van der Waals surface area contributed by atoms with Crippen molar-refractivity contribution in [3.8, 4) is 0 Å². The summed E-state index contributed by atoms with van der Waals surface area (Å²) in [6.07, 6.45) is 7.64. The molecule has 2 amide bonds. The normalized spacial score (nSPS) is 21.1. The number of fused-ring (bicyclic) bond motifs is 1. The maximum atomic E-state index is 13.9. The van der Waals surface area contributed by atoms with Crippen molar-refractivity contribution in [1.82, 2.24) is 14.6 Å². The van der Waals surface area contributed by atoms with E-state index in [1.54, 1.807) is 12.1 Å². The van der Waals surface area contributed by atoms with E-state index in [9.17, 15) is 26.4 Å². The van der Waals surface area contributed by atoms with E-state index in [0.717, 1.165) is 43.6 Å². The molecule has 45 heavy (non-hydrogen) atoms. The highest BCUT2D eigenvalue weighted by Gasteiger charge is 2.51. The van der Waals surface area contributed by atoms with Gasteiger partial charge in [-0.05, 0) is 73.9 Å². The fourth-order valence-corrected chi connectivity index (χ4v) is 9.30. The maximum Gasteiger partial charge on any atom is 0.258 e. The molecule has 2 aliphatic rings. The number of sulfonamides is 1. The Labute approximate surface area is 273 Å². The number of benzene rings is 2. The molecule has 1 aromatic heterocycles. The number of sulfone groups is 1. The zero-order chi connectivity index (χ0) is 32.5. The Bertz CT molecular complexity index is 1800. The summed E-state index contributed by atoms with van der Waals surface area (Å²) in [5.74, 6) is -0.905. The topological polar surface area (TPSA) is 143 Å². The molecule has 3 aromatic rings. The van der Waals surface area contributed by atoms with Crippen LogP contribution in [0.2, 0.25) is 10.0 Å². The molecule has 10 nitrogen and oxygen atoms in total. The molecular formula is C31H34Cl2N4O6S2. The van der Waals surface area contributed by atoms with Gasteiger partial charge in [-0.1, -0.05) is 54.2 Å². The third-order valence-corrected chi connectivity index (χ3v) is 12.0. The van der Waals surface area contributed by atoms with E-state index >= 15 is 0 Å². The van der Waals surface area contributed by atoms with Crippen molar-refractivity contribution in [2.75, 3.05) is 18.1 Å². The van der Waals surface area contributed by atoms with Gasteiger partial charge in [0.1, 0.15) is 6.04 Å². The van der Waals surface area contributed by atoms with Gasteiger partial charge in [-0.25, -0.2) is 16.8 Å². The van der Waals surface area contributed by atoms with Gasteiger partial charge in [-0.2, -0.15) is 4.31 Å². The number of nitrogens with one attached hydrogen (secondary N) is 2. The molecule has 0 unspecified atom stereocenters. The smallest absolute Gasteiger partial charge is 0.258 e. The molecule has 0 spiro atoms. The first-order valence-corrected chi connectivity index (χ1v) is 18.7. The fraction of sp³-hybridized carbons (Fsp3) is 0.387. The van der Waals surface area contributed by atoms with Crippen LogP contribution in [0.25, 0.3) is 0 Å². The van der Waals surface area contributed by atoms with Crippen molar-refractivity contribution in [2.45, 2.75) is 60.9 Å². The van der Waals surface area contributed by atoms with E-state index in [1.807, 2.05) is 19.1 Å². The third kappa shape index (κ3) is 7.36. The van der Waals surface area contributed by atoms with E-state index in [0.29, 0.717) is 12.1 Å². The number of aromatic nitrogens is 1. The third-order valence-electron chi connectivity index (χ3n) is 8.43. The van der Waals surface area contributed by atoms with Crippen LogP contribution in [0.1, 0.15) is 48.5 Å². The highest BCUT2D eigenvalue weighted by Crippen LogP contribution is 2.43. The number of rotatable bonds is 9. The number of amides is 2. The van der Waals surface area contributed by atoms with Gasteiger partial charge in [0, 0.05) is 36.9 Å². The fourth-order valence-electron chi connectivity index (χ4n) is 6.29. The van der Waals surface area contributed by atoms with Crippen molar-refractivity contribution < 1.29 is 26.4 Å². The van der Waals surface area contributed by atoms with Crippen LogP contribution in [0.3, 0.4) is 0 Å². The van der Waals surface area contributed by atoms with Gasteiger partial charge in [0.2, 0.25) is 15.9 Å². The Hall–Kier alpha value is -3.03. The van der Waals surface area contributed by atoms with Crippen LogP contribution in [0.5, 0.6) is 0 Å². The molecule has 0 bridgehead atoms. The van der Waals surface area contributed by atoms with E-state index in [4.69, 9.17) is 23.2 Å². The van der Waals surface area contributed by atoms with Gasteiger partial charge in [0.25, 0.3) is 5.91 Å². The number of anilines is 1. The lowest BCUT2D eigenvalue weighted by Gasteiger charge is -2.30. The Morgan fingerprint density at radius 2 is 1.62 bits per heavy atom. The predicted molar refractivity (Wildman–Crippen MR) is 173 cm³/mol. The average Bonchev–Trinajstić information content (AvgIpc) is 3.39. The number of carbonyl (C=O) groups is 2. The van der Waals surface area contributed by atoms with Gasteiger partial charge in [-0.15, -0.1) is 0 Å². The summed E-state index contributed by atoms with van der Waals surface area (Å²) in [7, 11) is -7.78. The van der Waals surface area contributed by atoms with Crippen LogP contribution >= 0.6 is 23.2 Å². The lowest BCUT2D eigenvalue weighted by atomic mass is 9.78. The van der Waals surface area contributed by atoms with Gasteiger partial charge < -0.3 is 10.6 Å². The number of nitrogens with zero attached hydrogens (tertiary/aromatic N) is 2. The number of hydrogen-bond donors (Lipinski definition) is 2. The quantitative estimate of drug-likeness (QED) is 0.322. The minimum atomic E-state index is -4.16. The van der Waals surface area contributed by atoms with Crippen molar-refractivity contribution in [1.29, 1.82) is 0 Å². The Balaban J connectivity index is 1.29. The van der Waals surface area contributed by atoms with Crippen molar-refractivity contribution in [2.24, 2.45) is 11.8 Å². The molecule has 2 N–H and O–H groups in total. The zero-order valence-corrected chi connectivity index (χ0v) is 27.9. The molecule has 1 aliphatic carbocycles. The van der Waals surface area contributed by atoms with E-state index in [2.05, 4.69) is 15.6 Å². The summed E-state index contributed by atoms with van der Waals surface area (Å²) in [5.41, 5.74) is 1.55. The molecule has 1 aliphatic heterocycles. The number of pyridine rings is 1. The molecule has 1 saturated heterocycles. The Morgan fingerprint density at radius 3 is 2.29 bits per heavy atom. The second-order valence-corrected chi connectivity index (χ2v) is 16.4. The average molecular weight is 694 g/mol.